The first-order valence-corrected chi connectivity index (χ1v) is 7.53. The smallest absolute Gasteiger partial charge is 0.145 e. The summed E-state index contributed by atoms with van der Waals surface area (Å²) < 4.78 is 2.10. The third-order valence-corrected chi connectivity index (χ3v) is 3.70. The Hall–Kier alpha value is -3.20. The lowest BCUT2D eigenvalue weighted by Crippen LogP contribution is -1.87. The molecule has 0 amide bonds. The van der Waals surface area contributed by atoms with Crippen LogP contribution < -0.4 is 0 Å². The minimum absolute atomic E-state index is 0.869. The summed E-state index contributed by atoms with van der Waals surface area (Å²) in [7, 11) is 0. The summed E-state index contributed by atoms with van der Waals surface area (Å²) in [4.78, 5) is 9.32. The van der Waals surface area contributed by atoms with Crippen LogP contribution in [0.4, 0.5) is 5.69 Å². The van der Waals surface area contributed by atoms with Gasteiger partial charge in [0.05, 0.1) is 17.4 Å². The zero-order valence-electron chi connectivity index (χ0n) is 12.5. The van der Waals surface area contributed by atoms with Gasteiger partial charge >= 0.3 is 0 Å². The zero-order chi connectivity index (χ0) is 15.5. The molecule has 0 aliphatic heterocycles. The van der Waals surface area contributed by atoms with Gasteiger partial charge in [-0.2, -0.15) is 0 Å². The lowest BCUT2D eigenvalue weighted by molar-refractivity contribution is 1.16. The molecule has 0 radical (unpaired) electrons. The minimum Gasteiger partial charge on any atom is -0.299 e. The molecule has 0 atom stereocenters. The SMILES string of the molecule is C(=Nc1ccccc1)c1nc(-c2ccccc2)n2ccccc12. The molecule has 0 saturated heterocycles. The summed E-state index contributed by atoms with van der Waals surface area (Å²) in [6.45, 7) is 0. The molecule has 0 spiro atoms. The number of aliphatic imine (C=N–C) groups is 1. The topological polar surface area (TPSA) is 29.7 Å². The standard InChI is InChI=1S/C20H15N3/c1-3-9-16(10-4-1)20-22-18(19-13-7-8-14-23(19)20)15-21-17-11-5-2-6-12-17/h1-15H. The second kappa shape index (κ2) is 5.89. The molecule has 2 heterocycles. The summed E-state index contributed by atoms with van der Waals surface area (Å²) in [6, 6.07) is 26.2. The molecule has 4 aromatic rings. The van der Waals surface area contributed by atoms with Gasteiger partial charge < -0.3 is 0 Å². The average molecular weight is 297 g/mol. The van der Waals surface area contributed by atoms with E-state index in [1.807, 2.05) is 73.1 Å². The Kier molecular flexibility index (Phi) is 3.45. The molecule has 0 aliphatic carbocycles. The lowest BCUT2D eigenvalue weighted by Gasteiger charge is -1.99. The van der Waals surface area contributed by atoms with E-state index in [4.69, 9.17) is 4.98 Å². The maximum Gasteiger partial charge on any atom is 0.145 e. The van der Waals surface area contributed by atoms with Crippen molar-refractivity contribution in [3.05, 3.63) is 90.8 Å². The zero-order valence-corrected chi connectivity index (χ0v) is 12.5. The van der Waals surface area contributed by atoms with Crippen molar-refractivity contribution < 1.29 is 0 Å². The van der Waals surface area contributed by atoms with Gasteiger partial charge in [-0.1, -0.05) is 54.6 Å². The van der Waals surface area contributed by atoms with E-state index in [1.54, 1.807) is 0 Å². The van der Waals surface area contributed by atoms with Gasteiger partial charge in [-0.05, 0) is 24.3 Å². The van der Waals surface area contributed by atoms with Crippen LogP contribution in [0.25, 0.3) is 16.9 Å². The van der Waals surface area contributed by atoms with E-state index in [-0.39, 0.29) is 0 Å². The monoisotopic (exact) mass is 297 g/mol. The van der Waals surface area contributed by atoms with Crippen LogP contribution in [0.5, 0.6) is 0 Å². The molecule has 2 aromatic carbocycles. The van der Waals surface area contributed by atoms with Crippen molar-refractivity contribution in [2.24, 2.45) is 4.99 Å². The van der Waals surface area contributed by atoms with Crippen molar-refractivity contribution in [2.45, 2.75) is 0 Å². The number of pyridine rings is 1. The number of aromatic nitrogens is 2. The van der Waals surface area contributed by atoms with E-state index < -0.39 is 0 Å². The first-order valence-electron chi connectivity index (χ1n) is 7.53. The fraction of sp³-hybridized carbons (Fsp3) is 0. The predicted octanol–water partition coefficient (Wildman–Crippen LogP) is 4.75. The van der Waals surface area contributed by atoms with Gasteiger partial charge in [-0.25, -0.2) is 4.98 Å². The largest absolute Gasteiger partial charge is 0.299 e. The van der Waals surface area contributed by atoms with Crippen LogP contribution in [0.15, 0.2) is 90.1 Å². The molecule has 3 heteroatoms. The van der Waals surface area contributed by atoms with Gasteiger partial charge in [0, 0.05) is 11.8 Å². The highest BCUT2D eigenvalue weighted by atomic mass is 15.0. The Bertz CT molecular complexity index is 954. The van der Waals surface area contributed by atoms with E-state index in [9.17, 15) is 0 Å². The number of benzene rings is 2. The lowest BCUT2D eigenvalue weighted by atomic mass is 10.2. The van der Waals surface area contributed by atoms with Gasteiger partial charge in [0.1, 0.15) is 11.5 Å². The molecular weight excluding hydrogens is 282 g/mol. The van der Waals surface area contributed by atoms with Crippen molar-refractivity contribution in [2.75, 3.05) is 0 Å². The summed E-state index contributed by atoms with van der Waals surface area (Å²) >= 11 is 0. The fourth-order valence-electron chi connectivity index (χ4n) is 2.60. The van der Waals surface area contributed by atoms with Gasteiger partial charge in [-0.3, -0.25) is 9.39 Å². The highest BCUT2D eigenvalue weighted by Crippen LogP contribution is 2.22. The molecule has 0 fully saturated rings. The molecule has 4 rings (SSSR count). The maximum atomic E-state index is 4.79. The van der Waals surface area contributed by atoms with Crippen LogP contribution in [0.2, 0.25) is 0 Å². The molecule has 2 aromatic heterocycles. The molecule has 0 bridgehead atoms. The number of hydrogen-bond acceptors (Lipinski definition) is 2. The number of para-hydroxylation sites is 1. The number of fused-ring (bicyclic) bond motifs is 1. The maximum absolute atomic E-state index is 4.79. The van der Waals surface area contributed by atoms with Crippen LogP contribution in [0.1, 0.15) is 5.69 Å². The quantitative estimate of drug-likeness (QED) is 0.502. The number of hydrogen-bond donors (Lipinski definition) is 0. The summed E-state index contributed by atoms with van der Waals surface area (Å²) in [5.74, 6) is 0.927. The number of rotatable bonds is 3. The van der Waals surface area contributed by atoms with E-state index in [0.29, 0.717) is 0 Å². The van der Waals surface area contributed by atoms with Gasteiger partial charge in [0.15, 0.2) is 0 Å². The highest BCUT2D eigenvalue weighted by Gasteiger charge is 2.10. The third kappa shape index (κ3) is 2.64. The van der Waals surface area contributed by atoms with Crippen LogP contribution in [-0.2, 0) is 0 Å². The van der Waals surface area contributed by atoms with Crippen LogP contribution >= 0.6 is 0 Å². The Morgan fingerprint density at radius 2 is 1.48 bits per heavy atom. The number of nitrogens with zero attached hydrogens (tertiary/aromatic N) is 3. The van der Waals surface area contributed by atoms with Crippen LogP contribution in [0.3, 0.4) is 0 Å². The molecule has 3 nitrogen and oxygen atoms in total. The van der Waals surface area contributed by atoms with Crippen LogP contribution in [0, 0.1) is 0 Å². The second-order valence-electron chi connectivity index (χ2n) is 5.24. The van der Waals surface area contributed by atoms with Gasteiger partial charge in [0.2, 0.25) is 0 Å². The Labute approximate surface area is 134 Å². The van der Waals surface area contributed by atoms with E-state index in [1.165, 1.54) is 0 Å². The third-order valence-electron chi connectivity index (χ3n) is 3.70. The minimum atomic E-state index is 0.869. The molecule has 0 unspecified atom stereocenters. The van der Waals surface area contributed by atoms with Crippen molar-refractivity contribution in [1.82, 2.24) is 9.38 Å². The Balaban J connectivity index is 1.83. The van der Waals surface area contributed by atoms with E-state index >= 15 is 0 Å². The van der Waals surface area contributed by atoms with Gasteiger partial charge in [0.25, 0.3) is 0 Å². The average Bonchev–Trinajstić information content (AvgIpc) is 3.01. The van der Waals surface area contributed by atoms with Gasteiger partial charge in [-0.15, -0.1) is 0 Å². The van der Waals surface area contributed by atoms with Crippen molar-refractivity contribution in [3.63, 3.8) is 0 Å². The first-order chi connectivity index (χ1) is 11.4. The fourth-order valence-corrected chi connectivity index (χ4v) is 2.60. The van der Waals surface area contributed by atoms with E-state index in [0.717, 1.165) is 28.3 Å². The molecule has 110 valence electrons. The summed E-state index contributed by atoms with van der Waals surface area (Å²) in [6.07, 6.45) is 3.86. The molecular formula is C20H15N3. The molecule has 23 heavy (non-hydrogen) atoms. The Morgan fingerprint density at radius 1 is 0.783 bits per heavy atom. The van der Waals surface area contributed by atoms with Crippen molar-refractivity contribution in [3.8, 4) is 11.4 Å². The van der Waals surface area contributed by atoms with Crippen molar-refractivity contribution in [1.29, 1.82) is 0 Å². The highest BCUT2D eigenvalue weighted by molar-refractivity contribution is 5.90. The van der Waals surface area contributed by atoms with Crippen molar-refractivity contribution >= 4 is 17.4 Å². The molecule has 0 N–H and O–H groups in total. The second-order valence-corrected chi connectivity index (χ2v) is 5.24. The normalized spacial score (nSPS) is 11.3. The van der Waals surface area contributed by atoms with Crippen LogP contribution in [-0.4, -0.2) is 15.6 Å². The predicted molar refractivity (Wildman–Crippen MR) is 94.3 cm³/mol. The molecule has 0 aliphatic rings. The summed E-state index contributed by atoms with van der Waals surface area (Å²) in [5, 5.41) is 0. The van der Waals surface area contributed by atoms with E-state index in [2.05, 4.69) is 27.6 Å². The first kappa shape index (κ1) is 13.5. The molecule has 0 saturated carbocycles. The summed E-state index contributed by atoms with van der Waals surface area (Å²) in [5.41, 5.74) is 3.93. The Morgan fingerprint density at radius 3 is 2.26 bits per heavy atom. The number of imidazole rings is 1.